The number of methoxy groups -OCH3 is 2. The van der Waals surface area contributed by atoms with Gasteiger partial charge in [0.1, 0.15) is 5.75 Å². The summed E-state index contributed by atoms with van der Waals surface area (Å²) >= 11 is 0. The second-order valence-electron chi connectivity index (χ2n) is 7.47. The molecule has 0 saturated heterocycles. The van der Waals surface area contributed by atoms with Crippen LogP contribution < -0.4 is 19.5 Å². The quantitative estimate of drug-likeness (QED) is 0.515. The third-order valence-corrected chi connectivity index (χ3v) is 5.40. The molecule has 0 saturated carbocycles. The number of rotatable bonds is 8. The van der Waals surface area contributed by atoms with Gasteiger partial charge >= 0.3 is 0 Å². The molecule has 1 atom stereocenters. The van der Waals surface area contributed by atoms with Gasteiger partial charge in [-0.25, -0.2) is 0 Å². The zero-order valence-electron chi connectivity index (χ0n) is 18.2. The summed E-state index contributed by atoms with van der Waals surface area (Å²) in [6.07, 6.45) is 0.944. The average molecular weight is 435 g/mol. The predicted octanol–water partition coefficient (Wildman–Crippen LogP) is 4.19. The summed E-state index contributed by atoms with van der Waals surface area (Å²) in [4.78, 5) is 25.7. The Morgan fingerprint density at radius 3 is 2.53 bits per heavy atom. The lowest BCUT2D eigenvalue weighted by molar-refractivity contribution is -0.116. The second-order valence-corrected chi connectivity index (χ2v) is 7.47. The number of fused-ring (bicyclic) bond motifs is 1. The van der Waals surface area contributed by atoms with Crippen molar-refractivity contribution in [1.29, 1.82) is 0 Å². The molecule has 166 valence electrons. The van der Waals surface area contributed by atoms with E-state index in [0.29, 0.717) is 46.5 Å². The van der Waals surface area contributed by atoms with Crippen LogP contribution in [0.4, 0.5) is 5.82 Å². The molecule has 0 fully saturated rings. The van der Waals surface area contributed by atoms with Gasteiger partial charge in [-0.1, -0.05) is 6.92 Å². The topological polar surface area (TPSA) is 103 Å². The molecule has 32 heavy (non-hydrogen) atoms. The second kappa shape index (κ2) is 9.13. The summed E-state index contributed by atoms with van der Waals surface area (Å²) in [6.45, 7) is 2.65. The third kappa shape index (κ3) is 4.03. The Bertz CT molecular complexity index is 1140. The zero-order chi connectivity index (χ0) is 22.7. The minimum atomic E-state index is -0.664. The Kier molecular flexibility index (Phi) is 6.11. The van der Waals surface area contributed by atoms with Crippen LogP contribution in [0.3, 0.4) is 0 Å². The van der Waals surface area contributed by atoms with E-state index in [2.05, 4.69) is 15.5 Å². The molecular formula is C24H25N3O5. The summed E-state index contributed by atoms with van der Waals surface area (Å²) in [5.74, 6) is 1.17. The highest BCUT2D eigenvalue weighted by molar-refractivity contribution is 6.08. The summed E-state index contributed by atoms with van der Waals surface area (Å²) < 4.78 is 16.3. The highest BCUT2D eigenvalue weighted by atomic mass is 16.5. The van der Waals surface area contributed by atoms with Gasteiger partial charge in [0.15, 0.2) is 23.1 Å². The lowest BCUT2D eigenvalue weighted by Crippen LogP contribution is -2.27. The Hall–Kier alpha value is -3.81. The summed E-state index contributed by atoms with van der Waals surface area (Å²) in [5, 5.41) is 9.99. The van der Waals surface area contributed by atoms with Gasteiger partial charge in [-0.3, -0.25) is 14.7 Å². The van der Waals surface area contributed by atoms with Crippen molar-refractivity contribution < 1.29 is 23.8 Å². The molecule has 1 aliphatic heterocycles. The standard InChI is InChI=1S/C24H25N3O5/c1-4-11-32-16-8-5-14(6-9-16)23(29)17-13-20(28)25-24-21(17)22(26-27-24)15-7-10-18(30-2)19(12-15)31-3/h5-10,12,17H,4,11,13H2,1-3H3,(H2,25,26,27,28). The van der Waals surface area contributed by atoms with E-state index in [1.165, 1.54) is 0 Å². The fourth-order valence-electron chi connectivity index (χ4n) is 3.83. The van der Waals surface area contributed by atoms with Crippen molar-refractivity contribution in [3.63, 3.8) is 0 Å². The van der Waals surface area contributed by atoms with Gasteiger partial charge in [-0.2, -0.15) is 5.10 Å². The van der Waals surface area contributed by atoms with Gasteiger partial charge in [0.25, 0.3) is 0 Å². The fraction of sp³-hybridized carbons (Fsp3) is 0.292. The van der Waals surface area contributed by atoms with Crippen LogP contribution in [0.5, 0.6) is 17.2 Å². The molecule has 2 heterocycles. The van der Waals surface area contributed by atoms with E-state index < -0.39 is 5.92 Å². The Morgan fingerprint density at radius 1 is 1.09 bits per heavy atom. The number of aromatic amines is 1. The van der Waals surface area contributed by atoms with Crippen molar-refractivity contribution in [2.75, 3.05) is 26.1 Å². The molecule has 3 aromatic rings. The van der Waals surface area contributed by atoms with Crippen molar-refractivity contribution in [3.05, 3.63) is 53.6 Å². The minimum absolute atomic E-state index is 0.0414. The van der Waals surface area contributed by atoms with E-state index in [1.54, 1.807) is 44.6 Å². The maximum absolute atomic E-state index is 13.4. The maximum atomic E-state index is 13.4. The Labute approximate surface area is 185 Å². The predicted molar refractivity (Wildman–Crippen MR) is 120 cm³/mol. The van der Waals surface area contributed by atoms with E-state index in [4.69, 9.17) is 14.2 Å². The highest BCUT2D eigenvalue weighted by Crippen LogP contribution is 2.41. The van der Waals surface area contributed by atoms with Gasteiger partial charge < -0.3 is 19.5 Å². The number of nitrogens with one attached hydrogen (secondary N) is 2. The van der Waals surface area contributed by atoms with Crippen molar-refractivity contribution in [1.82, 2.24) is 10.2 Å². The number of hydrogen-bond donors (Lipinski definition) is 2. The normalized spacial score (nSPS) is 15.0. The fourth-order valence-corrected chi connectivity index (χ4v) is 3.83. The van der Waals surface area contributed by atoms with Crippen LogP contribution in [0.1, 0.15) is 41.6 Å². The molecule has 0 bridgehead atoms. The van der Waals surface area contributed by atoms with Gasteiger partial charge in [0, 0.05) is 23.1 Å². The molecule has 0 aliphatic carbocycles. The molecular weight excluding hydrogens is 410 g/mol. The molecule has 2 N–H and O–H groups in total. The molecule has 1 amide bonds. The number of Topliss-reactive ketones (excluding diaryl/α,β-unsaturated/α-hetero) is 1. The monoisotopic (exact) mass is 435 g/mol. The van der Waals surface area contributed by atoms with Crippen molar-refractivity contribution in [2.24, 2.45) is 0 Å². The lowest BCUT2D eigenvalue weighted by atomic mass is 9.84. The van der Waals surface area contributed by atoms with E-state index in [9.17, 15) is 9.59 Å². The van der Waals surface area contributed by atoms with Crippen LogP contribution in [-0.4, -0.2) is 42.7 Å². The zero-order valence-corrected chi connectivity index (χ0v) is 18.2. The van der Waals surface area contributed by atoms with Crippen molar-refractivity contribution >= 4 is 17.5 Å². The number of hydrogen-bond acceptors (Lipinski definition) is 6. The summed E-state index contributed by atoms with van der Waals surface area (Å²) in [6, 6.07) is 12.5. The van der Waals surface area contributed by atoms with Crippen LogP contribution in [0.25, 0.3) is 11.3 Å². The number of amides is 1. The first-order chi connectivity index (χ1) is 15.5. The first-order valence-electron chi connectivity index (χ1n) is 10.4. The van der Waals surface area contributed by atoms with Crippen molar-refractivity contribution in [3.8, 4) is 28.5 Å². The molecule has 1 aromatic heterocycles. The number of benzene rings is 2. The van der Waals surface area contributed by atoms with Crippen LogP contribution in [0.15, 0.2) is 42.5 Å². The molecule has 1 unspecified atom stereocenters. The molecule has 0 radical (unpaired) electrons. The van der Waals surface area contributed by atoms with Gasteiger partial charge in [-0.15, -0.1) is 0 Å². The SMILES string of the molecule is CCCOc1ccc(C(=O)C2CC(=O)Nc3n[nH]c(-c4ccc(OC)c(OC)c4)c32)cc1. The number of aromatic nitrogens is 2. The number of anilines is 1. The minimum Gasteiger partial charge on any atom is -0.494 e. The van der Waals surface area contributed by atoms with Crippen LogP contribution in [0.2, 0.25) is 0 Å². The van der Waals surface area contributed by atoms with E-state index in [1.807, 2.05) is 19.1 Å². The number of carbonyl (C=O) groups excluding carboxylic acids is 2. The largest absolute Gasteiger partial charge is 0.494 e. The molecule has 8 nitrogen and oxygen atoms in total. The van der Waals surface area contributed by atoms with Gasteiger partial charge in [-0.05, 0) is 48.9 Å². The number of ketones is 1. The molecule has 1 aliphatic rings. The number of H-pyrrole nitrogens is 1. The summed E-state index contributed by atoms with van der Waals surface area (Å²) in [5.41, 5.74) is 2.60. The lowest BCUT2D eigenvalue weighted by Gasteiger charge is -2.22. The van der Waals surface area contributed by atoms with E-state index >= 15 is 0 Å². The van der Waals surface area contributed by atoms with E-state index in [-0.39, 0.29) is 18.1 Å². The number of ether oxygens (including phenoxy) is 3. The first kappa shape index (κ1) is 21.4. The number of carbonyl (C=O) groups is 2. The van der Waals surface area contributed by atoms with Gasteiger partial charge in [0.05, 0.1) is 32.4 Å². The van der Waals surface area contributed by atoms with E-state index in [0.717, 1.165) is 12.0 Å². The van der Waals surface area contributed by atoms with Gasteiger partial charge in [0.2, 0.25) is 5.91 Å². The highest BCUT2D eigenvalue weighted by Gasteiger charge is 2.36. The molecule has 0 spiro atoms. The third-order valence-electron chi connectivity index (χ3n) is 5.40. The molecule has 8 heteroatoms. The molecule has 4 rings (SSSR count). The van der Waals surface area contributed by atoms with Crippen molar-refractivity contribution in [2.45, 2.75) is 25.7 Å². The maximum Gasteiger partial charge on any atom is 0.226 e. The molecule has 2 aromatic carbocycles. The first-order valence-corrected chi connectivity index (χ1v) is 10.4. The van der Waals surface area contributed by atoms with Crippen LogP contribution in [-0.2, 0) is 4.79 Å². The smallest absolute Gasteiger partial charge is 0.226 e. The summed E-state index contributed by atoms with van der Waals surface area (Å²) in [7, 11) is 3.13. The average Bonchev–Trinajstić information content (AvgIpc) is 3.25. The number of nitrogens with zero attached hydrogens (tertiary/aromatic N) is 1. The van der Waals surface area contributed by atoms with Crippen LogP contribution >= 0.6 is 0 Å². The Balaban J connectivity index is 1.70. The van der Waals surface area contributed by atoms with Crippen LogP contribution in [0, 0.1) is 0 Å². The Morgan fingerprint density at radius 2 is 1.84 bits per heavy atom.